The van der Waals surface area contributed by atoms with Gasteiger partial charge >= 0.3 is 0 Å². The summed E-state index contributed by atoms with van der Waals surface area (Å²) in [6, 6.07) is 17.6. The molecule has 2 amide bonds. The summed E-state index contributed by atoms with van der Waals surface area (Å²) < 4.78 is 7.96. The highest BCUT2D eigenvalue weighted by atomic mass is 32.2. The number of nitrogens with zero attached hydrogens (tertiary/aromatic N) is 5. The molecule has 3 aliphatic heterocycles. The van der Waals surface area contributed by atoms with E-state index in [-0.39, 0.29) is 23.7 Å². The fraction of sp³-hybridized carbons (Fsp3) is 0.250. The number of benzene rings is 2. The number of thioether (sulfide) groups is 1. The van der Waals surface area contributed by atoms with Gasteiger partial charge in [-0.3, -0.25) is 15.0 Å². The van der Waals surface area contributed by atoms with Crippen LogP contribution in [0.5, 0.6) is 5.75 Å². The van der Waals surface area contributed by atoms with E-state index < -0.39 is 5.91 Å². The average molecular weight is 527 g/mol. The first-order valence-electron chi connectivity index (χ1n) is 12.6. The minimum atomic E-state index is -0.486. The molecule has 3 aromatic rings. The van der Waals surface area contributed by atoms with Gasteiger partial charge in [0.2, 0.25) is 11.1 Å². The van der Waals surface area contributed by atoms with Crippen LogP contribution < -0.4 is 4.74 Å². The number of hydrazone groups is 1. The predicted molar refractivity (Wildman–Crippen MR) is 149 cm³/mol. The van der Waals surface area contributed by atoms with Crippen molar-refractivity contribution in [1.29, 1.82) is 5.41 Å². The van der Waals surface area contributed by atoms with Gasteiger partial charge in [-0.15, -0.1) is 0 Å². The summed E-state index contributed by atoms with van der Waals surface area (Å²) in [6.07, 6.45) is 5.87. The number of para-hydroxylation sites is 2. The van der Waals surface area contributed by atoms with Gasteiger partial charge in [0, 0.05) is 35.8 Å². The fourth-order valence-corrected chi connectivity index (χ4v) is 5.70. The first-order valence-corrected chi connectivity index (χ1v) is 13.4. The molecule has 0 saturated carbocycles. The standard InChI is InChI=1S/C28H26N6O3S/c29-26-22(27(36)30-28-34(26)31-24(38-28)17-25(35)32-12-6-7-13-32)16-19-18-33(23-11-5-4-10-21(19)23)14-15-37-20-8-2-1-3-9-20/h1-5,8-11,16,18,29H,6-7,12-15,17H2/b22-16+,29-26?. The molecule has 1 N–H and O–H groups in total. The highest BCUT2D eigenvalue weighted by Gasteiger charge is 2.36. The number of nitrogens with one attached hydrogen (secondary N) is 1. The largest absolute Gasteiger partial charge is 0.492 e. The third kappa shape index (κ3) is 4.74. The highest BCUT2D eigenvalue weighted by Crippen LogP contribution is 2.31. The third-order valence-electron chi connectivity index (χ3n) is 6.72. The molecule has 6 rings (SSSR count). The molecule has 2 aromatic carbocycles. The molecule has 0 atom stereocenters. The number of aliphatic imine (C=N–C) groups is 1. The van der Waals surface area contributed by atoms with Crippen molar-refractivity contribution < 1.29 is 14.3 Å². The predicted octanol–water partition coefficient (Wildman–Crippen LogP) is 4.35. The molecule has 0 unspecified atom stereocenters. The van der Waals surface area contributed by atoms with Gasteiger partial charge in [0.25, 0.3) is 5.91 Å². The summed E-state index contributed by atoms with van der Waals surface area (Å²) in [6.45, 7) is 2.65. The van der Waals surface area contributed by atoms with Crippen LogP contribution in [0.25, 0.3) is 17.0 Å². The van der Waals surface area contributed by atoms with Gasteiger partial charge in [-0.25, -0.2) is 0 Å². The number of fused-ring (bicyclic) bond motifs is 2. The zero-order valence-electron chi connectivity index (χ0n) is 20.7. The fourth-order valence-electron chi connectivity index (χ4n) is 4.82. The van der Waals surface area contributed by atoms with E-state index in [2.05, 4.69) is 14.7 Å². The smallest absolute Gasteiger partial charge is 0.283 e. The Hall–Kier alpha value is -4.18. The van der Waals surface area contributed by atoms with Crippen LogP contribution in [0, 0.1) is 5.41 Å². The van der Waals surface area contributed by atoms with E-state index in [4.69, 9.17) is 10.1 Å². The van der Waals surface area contributed by atoms with Gasteiger partial charge in [-0.05, 0) is 48.9 Å². The maximum absolute atomic E-state index is 13.0. The second-order valence-electron chi connectivity index (χ2n) is 9.23. The molecule has 3 aliphatic rings. The second-order valence-corrected chi connectivity index (χ2v) is 10.3. The van der Waals surface area contributed by atoms with Crippen LogP contribution in [0.15, 0.2) is 76.5 Å². The number of carbonyl (C=O) groups excluding carboxylic acids is 2. The molecule has 0 aliphatic carbocycles. The maximum Gasteiger partial charge on any atom is 0.283 e. The zero-order valence-corrected chi connectivity index (χ0v) is 21.5. The Labute approximate surface area is 224 Å². The monoisotopic (exact) mass is 526 g/mol. The SMILES string of the molecule is N=C1/C(=C\c2cn(CCOc3ccccc3)c3ccccc23)C(=O)N=C2SC(CC(=O)N3CCCC3)=NN12. The van der Waals surface area contributed by atoms with Gasteiger partial charge in [0.15, 0.2) is 5.84 Å². The molecule has 0 spiro atoms. The summed E-state index contributed by atoms with van der Waals surface area (Å²) in [5.74, 6) is 0.305. The number of hydrogen-bond acceptors (Lipinski definition) is 6. The Bertz CT molecular complexity index is 1520. The van der Waals surface area contributed by atoms with Crippen LogP contribution in [0.1, 0.15) is 24.8 Å². The van der Waals surface area contributed by atoms with Crippen LogP contribution in [0.4, 0.5) is 0 Å². The lowest BCUT2D eigenvalue weighted by Gasteiger charge is -2.20. The molecule has 10 heteroatoms. The lowest BCUT2D eigenvalue weighted by atomic mass is 10.1. The minimum Gasteiger partial charge on any atom is -0.492 e. The maximum atomic E-state index is 13.0. The summed E-state index contributed by atoms with van der Waals surface area (Å²) in [5.41, 5.74) is 1.98. The van der Waals surface area contributed by atoms with E-state index in [0.717, 1.165) is 48.1 Å². The summed E-state index contributed by atoms with van der Waals surface area (Å²) >= 11 is 1.18. The van der Waals surface area contributed by atoms with Crippen LogP contribution in [-0.2, 0) is 16.1 Å². The van der Waals surface area contributed by atoms with Crippen molar-refractivity contribution in [2.75, 3.05) is 19.7 Å². The minimum absolute atomic E-state index is 0.0203. The number of ether oxygens (including phenoxy) is 1. The number of hydrogen-bond donors (Lipinski definition) is 1. The molecule has 4 heterocycles. The van der Waals surface area contributed by atoms with Crippen LogP contribution >= 0.6 is 11.8 Å². The quantitative estimate of drug-likeness (QED) is 0.461. The Morgan fingerprint density at radius 1 is 1.08 bits per heavy atom. The van der Waals surface area contributed by atoms with E-state index in [1.54, 1.807) is 6.08 Å². The Balaban J connectivity index is 1.23. The van der Waals surface area contributed by atoms with Gasteiger partial charge in [0.1, 0.15) is 17.4 Å². The number of amides is 2. The van der Waals surface area contributed by atoms with Gasteiger partial charge in [-0.2, -0.15) is 15.1 Å². The molecule has 38 heavy (non-hydrogen) atoms. The van der Waals surface area contributed by atoms with E-state index >= 15 is 0 Å². The molecule has 0 radical (unpaired) electrons. The number of likely N-dealkylation sites (tertiary alicyclic amines) is 1. The van der Waals surface area contributed by atoms with Crippen LogP contribution in [0.2, 0.25) is 0 Å². The first-order chi connectivity index (χ1) is 18.6. The van der Waals surface area contributed by atoms with Crippen LogP contribution in [0.3, 0.4) is 0 Å². The Morgan fingerprint density at radius 3 is 2.66 bits per heavy atom. The van der Waals surface area contributed by atoms with Crippen molar-refractivity contribution >= 4 is 56.6 Å². The van der Waals surface area contributed by atoms with Crippen molar-refractivity contribution in [2.24, 2.45) is 10.1 Å². The second kappa shape index (κ2) is 10.3. The first kappa shape index (κ1) is 24.2. The van der Waals surface area contributed by atoms with E-state index in [1.807, 2.05) is 65.7 Å². The topological polar surface area (TPSA) is 103 Å². The molecule has 1 saturated heterocycles. The number of aromatic nitrogens is 1. The molecule has 192 valence electrons. The van der Waals surface area contributed by atoms with Crippen molar-refractivity contribution in [1.82, 2.24) is 14.5 Å². The lowest BCUT2D eigenvalue weighted by Crippen LogP contribution is -2.35. The molecule has 1 aromatic heterocycles. The molecule has 1 fully saturated rings. The average Bonchev–Trinajstić information content (AvgIpc) is 3.67. The lowest BCUT2D eigenvalue weighted by molar-refractivity contribution is -0.128. The zero-order chi connectivity index (χ0) is 26.1. The van der Waals surface area contributed by atoms with Gasteiger partial charge in [-0.1, -0.05) is 36.4 Å². The summed E-state index contributed by atoms with van der Waals surface area (Å²) in [7, 11) is 0. The number of carbonyl (C=O) groups is 2. The molecular weight excluding hydrogens is 500 g/mol. The van der Waals surface area contributed by atoms with E-state index in [9.17, 15) is 9.59 Å². The third-order valence-corrected chi connectivity index (χ3v) is 7.63. The van der Waals surface area contributed by atoms with Crippen molar-refractivity contribution in [2.45, 2.75) is 25.8 Å². The summed E-state index contributed by atoms with van der Waals surface area (Å²) in [5, 5.41) is 16.4. The van der Waals surface area contributed by atoms with Gasteiger partial charge < -0.3 is 14.2 Å². The molecule has 9 nitrogen and oxygen atoms in total. The van der Waals surface area contributed by atoms with Crippen molar-refractivity contribution in [3.8, 4) is 5.75 Å². The molecule has 0 bridgehead atoms. The van der Waals surface area contributed by atoms with Gasteiger partial charge in [0.05, 0.1) is 18.5 Å². The highest BCUT2D eigenvalue weighted by molar-refractivity contribution is 8.27. The Morgan fingerprint density at radius 2 is 1.84 bits per heavy atom. The normalized spacial score (nSPS) is 18.3. The molecular formula is C28H26N6O3S. The van der Waals surface area contributed by atoms with E-state index in [1.165, 1.54) is 16.8 Å². The number of amidine groups is 2. The van der Waals surface area contributed by atoms with Crippen molar-refractivity contribution in [3.05, 3.63) is 71.9 Å². The number of rotatable bonds is 7. The Kier molecular flexibility index (Phi) is 6.55. The van der Waals surface area contributed by atoms with Crippen molar-refractivity contribution in [3.63, 3.8) is 0 Å². The van der Waals surface area contributed by atoms with E-state index in [0.29, 0.717) is 23.4 Å². The van der Waals surface area contributed by atoms with Crippen LogP contribution in [-0.4, -0.2) is 62.0 Å². The summed E-state index contributed by atoms with van der Waals surface area (Å²) in [4.78, 5) is 31.6.